The Bertz CT molecular complexity index is 282. The lowest BCUT2D eigenvalue weighted by atomic mass is 9.91. The first-order valence-corrected chi connectivity index (χ1v) is 5.43. The Morgan fingerprint density at radius 1 is 1.44 bits per heavy atom. The van der Waals surface area contributed by atoms with Crippen molar-refractivity contribution in [3.8, 4) is 0 Å². The van der Waals surface area contributed by atoms with Gasteiger partial charge in [0.2, 0.25) is 5.91 Å². The van der Waals surface area contributed by atoms with Crippen LogP contribution in [0.15, 0.2) is 0 Å². The molecule has 0 unspecified atom stereocenters. The molecule has 1 aliphatic rings. The third-order valence-corrected chi connectivity index (χ3v) is 2.37. The van der Waals surface area contributed by atoms with Crippen LogP contribution in [0.25, 0.3) is 0 Å². The van der Waals surface area contributed by atoms with E-state index in [1.807, 2.05) is 20.8 Å². The van der Waals surface area contributed by atoms with E-state index in [2.05, 4.69) is 5.32 Å². The lowest BCUT2D eigenvalue weighted by molar-refractivity contribution is -0.148. The maximum absolute atomic E-state index is 11.6. The number of hydrogen-bond acceptors (Lipinski definition) is 3. The zero-order valence-electron chi connectivity index (χ0n) is 9.95. The molecule has 0 spiro atoms. The van der Waals surface area contributed by atoms with E-state index in [1.165, 1.54) is 0 Å². The molecule has 1 saturated heterocycles. The van der Waals surface area contributed by atoms with E-state index in [-0.39, 0.29) is 11.3 Å². The number of hydrogen-bond donors (Lipinski definition) is 2. The number of amides is 1. The first-order chi connectivity index (χ1) is 7.29. The molecule has 1 rings (SSSR count). The normalized spacial score (nSPS) is 25.4. The SMILES string of the molecule is CC(C)(C)CC(=O)N[C@@H]1CCO[C@@H]1C(=O)O. The molecule has 0 radical (unpaired) electrons. The van der Waals surface area contributed by atoms with Crippen LogP contribution in [0.3, 0.4) is 0 Å². The minimum atomic E-state index is -1.02. The van der Waals surface area contributed by atoms with Crippen LogP contribution in [0, 0.1) is 5.41 Å². The molecule has 0 saturated carbocycles. The summed E-state index contributed by atoms with van der Waals surface area (Å²) in [7, 11) is 0. The number of carbonyl (C=O) groups is 2. The summed E-state index contributed by atoms with van der Waals surface area (Å²) in [6.07, 6.45) is 0.0480. The summed E-state index contributed by atoms with van der Waals surface area (Å²) in [6.45, 7) is 6.28. The fraction of sp³-hybridized carbons (Fsp3) is 0.818. The molecular formula is C11H19NO4. The molecule has 0 aromatic rings. The topological polar surface area (TPSA) is 75.6 Å². The van der Waals surface area contributed by atoms with Gasteiger partial charge in [-0.05, 0) is 11.8 Å². The van der Waals surface area contributed by atoms with Crippen molar-refractivity contribution in [3.05, 3.63) is 0 Å². The second-order valence-electron chi connectivity index (χ2n) is 5.33. The predicted octanol–water partition coefficient (Wildman–Crippen LogP) is 0.781. The minimum Gasteiger partial charge on any atom is -0.479 e. The third kappa shape index (κ3) is 3.81. The smallest absolute Gasteiger partial charge is 0.334 e. The summed E-state index contributed by atoms with van der Waals surface area (Å²) in [6, 6.07) is -0.396. The Kier molecular flexibility index (Phi) is 3.91. The van der Waals surface area contributed by atoms with Gasteiger partial charge in [-0.15, -0.1) is 0 Å². The average molecular weight is 229 g/mol. The van der Waals surface area contributed by atoms with E-state index in [1.54, 1.807) is 0 Å². The zero-order valence-corrected chi connectivity index (χ0v) is 9.95. The van der Waals surface area contributed by atoms with Crippen molar-refractivity contribution in [1.29, 1.82) is 0 Å². The number of carboxylic acids is 1. The summed E-state index contributed by atoms with van der Waals surface area (Å²) < 4.78 is 5.04. The molecule has 1 fully saturated rings. The molecule has 5 heteroatoms. The summed E-state index contributed by atoms with van der Waals surface area (Å²) in [5.41, 5.74) is -0.0950. The predicted molar refractivity (Wildman–Crippen MR) is 58.0 cm³/mol. The number of carbonyl (C=O) groups excluding carboxylic acids is 1. The highest BCUT2D eigenvalue weighted by molar-refractivity contribution is 5.79. The van der Waals surface area contributed by atoms with Crippen LogP contribution < -0.4 is 5.32 Å². The summed E-state index contributed by atoms with van der Waals surface area (Å²) in [5.74, 6) is -1.13. The van der Waals surface area contributed by atoms with Gasteiger partial charge < -0.3 is 15.2 Å². The van der Waals surface area contributed by atoms with E-state index in [0.29, 0.717) is 19.4 Å². The van der Waals surface area contributed by atoms with Crippen molar-refractivity contribution in [1.82, 2.24) is 5.32 Å². The Hall–Kier alpha value is -1.10. The van der Waals surface area contributed by atoms with Crippen molar-refractivity contribution in [2.75, 3.05) is 6.61 Å². The van der Waals surface area contributed by atoms with Crippen molar-refractivity contribution < 1.29 is 19.4 Å². The van der Waals surface area contributed by atoms with Crippen LogP contribution in [0.5, 0.6) is 0 Å². The number of carboxylic acid groups (broad SMARTS) is 1. The van der Waals surface area contributed by atoms with Crippen LogP contribution in [-0.4, -0.2) is 35.7 Å². The maximum Gasteiger partial charge on any atom is 0.334 e. The largest absolute Gasteiger partial charge is 0.479 e. The first kappa shape index (κ1) is 13.0. The van der Waals surface area contributed by atoms with Crippen LogP contribution in [0.2, 0.25) is 0 Å². The van der Waals surface area contributed by atoms with Crippen LogP contribution in [0.4, 0.5) is 0 Å². The molecule has 2 atom stereocenters. The average Bonchev–Trinajstić information content (AvgIpc) is 2.47. The zero-order chi connectivity index (χ0) is 12.3. The van der Waals surface area contributed by atoms with Crippen molar-refractivity contribution in [3.63, 3.8) is 0 Å². The monoisotopic (exact) mass is 229 g/mol. The van der Waals surface area contributed by atoms with Crippen LogP contribution in [0.1, 0.15) is 33.6 Å². The fourth-order valence-electron chi connectivity index (χ4n) is 1.72. The fourth-order valence-corrected chi connectivity index (χ4v) is 1.72. The molecule has 16 heavy (non-hydrogen) atoms. The Morgan fingerprint density at radius 2 is 2.06 bits per heavy atom. The molecule has 0 bridgehead atoms. The molecule has 0 aromatic heterocycles. The van der Waals surface area contributed by atoms with Gasteiger partial charge in [-0.25, -0.2) is 4.79 Å². The number of rotatable bonds is 3. The first-order valence-electron chi connectivity index (χ1n) is 5.43. The third-order valence-electron chi connectivity index (χ3n) is 2.37. The molecule has 2 N–H and O–H groups in total. The summed E-state index contributed by atoms with van der Waals surface area (Å²) in [5, 5.41) is 11.6. The summed E-state index contributed by atoms with van der Waals surface area (Å²) >= 11 is 0. The molecular weight excluding hydrogens is 210 g/mol. The van der Waals surface area contributed by atoms with Gasteiger partial charge in [-0.2, -0.15) is 0 Å². The van der Waals surface area contributed by atoms with Gasteiger partial charge in [-0.1, -0.05) is 20.8 Å². The van der Waals surface area contributed by atoms with E-state index >= 15 is 0 Å². The lowest BCUT2D eigenvalue weighted by Crippen LogP contribution is -2.44. The molecule has 1 amide bonds. The highest BCUT2D eigenvalue weighted by atomic mass is 16.5. The minimum absolute atomic E-state index is 0.0950. The van der Waals surface area contributed by atoms with Crippen LogP contribution >= 0.6 is 0 Å². The molecule has 1 aliphatic heterocycles. The summed E-state index contributed by atoms with van der Waals surface area (Å²) in [4.78, 5) is 22.4. The molecule has 5 nitrogen and oxygen atoms in total. The van der Waals surface area contributed by atoms with Crippen molar-refractivity contribution >= 4 is 11.9 Å². The van der Waals surface area contributed by atoms with Gasteiger partial charge in [0, 0.05) is 13.0 Å². The van der Waals surface area contributed by atoms with Gasteiger partial charge >= 0.3 is 5.97 Å². The highest BCUT2D eigenvalue weighted by Crippen LogP contribution is 2.19. The van der Waals surface area contributed by atoms with E-state index in [0.717, 1.165) is 0 Å². The van der Waals surface area contributed by atoms with E-state index in [9.17, 15) is 9.59 Å². The molecule has 0 aromatic carbocycles. The highest BCUT2D eigenvalue weighted by Gasteiger charge is 2.35. The van der Waals surface area contributed by atoms with E-state index in [4.69, 9.17) is 9.84 Å². The number of aliphatic carboxylic acids is 1. The second-order valence-corrected chi connectivity index (χ2v) is 5.33. The van der Waals surface area contributed by atoms with Crippen molar-refractivity contribution in [2.24, 2.45) is 5.41 Å². The second kappa shape index (κ2) is 4.82. The maximum atomic E-state index is 11.6. The molecule has 0 aliphatic carbocycles. The molecule has 1 heterocycles. The number of nitrogens with one attached hydrogen (secondary N) is 1. The Labute approximate surface area is 95.2 Å². The van der Waals surface area contributed by atoms with Gasteiger partial charge in [-0.3, -0.25) is 4.79 Å². The van der Waals surface area contributed by atoms with Crippen molar-refractivity contribution in [2.45, 2.75) is 45.8 Å². The van der Waals surface area contributed by atoms with Gasteiger partial charge in [0.05, 0.1) is 6.04 Å². The van der Waals surface area contributed by atoms with Crippen LogP contribution in [-0.2, 0) is 14.3 Å². The van der Waals surface area contributed by atoms with Gasteiger partial charge in [0.15, 0.2) is 6.10 Å². The number of ether oxygens (including phenoxy) is 1. The Morgan fingerprint density at radius 3 is 2.56 bits per heavy atom. The van der Waals surface area contributed by atoms with Gasteiger partial charge in [0.25, 0.3) is 0 Å². The van der Waals surface area contributed by atoms with E-state index < -0.39 is 18.1 Å². The molecule has 92 valence electrons. The Balaban J connectivity index is 2.47. The lowest BCUT2D eigenvalue weighted by Gasteiger charge is -2.21. The standard InChI is InChI=1S/C11H19NO4/c1-11(2,3)6-8(13)12-7-4-5-16-9(7)10(14)15/h7,9H,4-6H2,1-3H3,(H,12,13)(H,14,15)/t7-,9+/m1/s1. The quantitative estimate of drug-likeness (QED) is 0.750. The van der Waals surface area contributed by atoms with Gasteiger partial charge in [0.1, 0.15) is 0 Å².